The van der Waals surface area contributed by atoms with E-state index in [1.807, 2.05) is 6.92 Å². The first-order valence-corrected chi connectivity index (χ1v) is 5.44. The van der Waals surface area contributed by atoms with Crippen LogP contribution in [0, 0.1) is 5.92 Å². The zero-order chi connectivity index (χ0) is 12.3. The molecule has 4 N–H and O–H groups in total. The van der Waals surface area contributed by atoms with Crippen molar-refractivity contribution >= 4 is 11.9 Å². The third kappa shape index (κ3) is 3.10. The number of nitrogens with two attached hydrogens (primary N) is 1. The van der Waals surface area contributed by atoms with Crippen LogP contribution < -0.4 is 11.1 Å². The summed E-state index contributed by atoms with van der Waals surface area (Å²) >= 11 is 0. The van der Waals surface area contributed by atoms with Crippen molar-refractivity contribution < 1.29 is 14.7 Å². The van der Waals surface area contributed by atoms with Crippen molar-refractivity contribution in [1.82, 2.24) is 10.2 Å². The average Bonchev–Trinajstić information content (AvgIpc) is 2.20. The Morgan fingerprint density at radius 3 is 2.69 bits per heavy atom. The summed E-state index contributed by atoms with van der Waals surface area (Å²) in [4.78, 5) is 24.1. The number of aliphatic hydroxyl groups excluding tert-OH is 1. The minimum atomic E-state index is -0.703. The summed E-state index contributed by atoms with van der Waals surface area (Å²) in [5.41, 5.74) is 4.95. The summed E-state index contributed by atoms with van der Waals surface area (Å²) in [6.07, 6.45) is 0.236. The fraction of sp³-hybridized carbons (Fsp3) is 0.800. The number of carbonyl (C=O) groups is 2. The second-order valence-corrected chi connectivity index (χ2v) is 4.35. The van der Waals surface area contributed by atoms with E-state index >= 15 is 0 Å². The third-order valence-electron chi connectivity index (χ3n) is 2.90. The van der Waals surface area contributed by atoms with Crippen LogP contribution in [-0.4, -0.2) is 47.2 Å². The van der Waals surface area contributed by atoms with E-state index in [9.17, 15) is 14.7 Å². The Kier molecular flexibility index (Phi) is 4.12. The predicted octanol–water partition coefficient (Wildman–Crippen LogP) is -0.727. The molecule has 1 saturated heterocycles. The van der Waals surface area contributed by atoms with Crippen molar-refractivity contribution in [2.75, 3.05) is 13.1 Å². The van der Waals surface area contributed by atoms with E-state index in [1.54, 1.807) is 11.8 Å². The number of likely N-dealkylation sites (tertiary alicyclic amines) is 1. The number of nitrogens with zero attached hydrogens (tertiary/aromatic N) is 1. The molecular weight excluding hydrogens is 210 g/mol. The number of primary amides is 1. The van der Waals surface area contributed by atoms with Gasteiger partial charge in [-0.1, -0.05) is 6.92 Å². The molecule has 3 atom stereocenters. The molecule has 3 unspecified atom stereocenters. The summed E-state index contributed by atoms with van der Waals surface area (Å²) in [6, 6.07) is -1.31. The Morgan fingerprint density at radius 2 is 2.19 bits per heavy atom. The number of rotatable bonds is 2. The van der Waals surface area contributed by atoms with Crippen LogP contribution in [0.15, 0.2) is 0 Å². The molecule has 0 spiro atoms. The van der Waals surface area contributed by atoms with Gasteiger partial charge in [-0.25, -0.2) is 4.79 Å². The van der Waals surface area contributed by atoms with Gasteiger partial charge in [-0.15, -0.1) is 0 Å². The maximum Gasteiger partial charge on any atom is 0.312 e. The average molecular weight is 229 g/mol. The Hall–Kier alpha value is -1.30. The molecule has 1 aliphatic rings. The van der Waals surface area contributed by atoms with Gasteiger partial charge in [0.25, 0.3) is 0 Å². The zero-order valence-electron chi connectivity index (χ0n) is 9.64. The molecule has 1 aliphatic heterocycles. The molecule has 1 fully saturated rings. The zero-order valence-corrected chi connectivity index (χ0v) is 9.64. The Morgan fingerprint density at radius 1 is 1.56 bits per heavy atom. The predicted molar refractivity (Wildman–Crippen MR) is 58.5 cm³/mol. The van der Waals surface area contributed by atoms with Crippen LogP contribution in [0.25, 0.3) is 0 Å². The van der Waals surface area contributed by atoms with E-state index < -0.39 is 12.1 Å². The van der Waals surface area contributed by atoms with Crippen molar-refractivity contribution in [2.45, 2.75) is 32.4 Å². The number of aliphatic hydroxyl groups is 1. The highest BCUT2D eigenvalue weighted by atomic mass is 16.3. The van der Waals surface area contributed by atoms with Gasteiger partial charge in [0.15, 0.2) is 0 Å². The molecule has 0 saturated carbocycles. The fourth-order valence-corrected chi connectivity index (χ4v) is 1.88. The maximum absolute atomic E-state index is 11.9. The first-order chi connectivity index (χ1) is 7.41. The molecule has 0 radical (unpaired) electrons. The number of carbonyl (C=O) groups excluding carboxylic acids is 2. The second kappa shape index (κ2) is 5.16. The van der Waals surface area contributed by atoms with Gasteiger partial charge in [-0.3, -0.25) is 4.79 Å². The van der Waals surface area contributed by atoms with Crippen LogP contribution in [0.3, 0.4) is 0 Å². The van der Waals surface area contributed by atoms with Gasteiger partial charge in [0.2, 0.25) is 5.91 Å². The smallest absolute Gasteiger partial charge is 0.312 e. The standard InChI is InChI=1S/C10H19N3O3/c1-6-5-13(4-3-8(6)14)9(15)7(2)12-10(11)16/h6-8,14H,3-5H2,1-2H3,(H3,11,12,16). The number of hydrogen-bond acceptors (Lipinski definition) is 3. The Balaban J connectivity index is 2.51. The first kappa shape index (κ1) is 12.8. The van der Waals surface area contributed by atoms with E-state index in [1.165, 1.54) is 0 Å². The quantitative estimate of drug-likeness (QED) is 0.582. The molecule has 1 heterocycles. The van der Waals surface area contributed by atoms with E-state index in [4.69, 9.17) is 5.73 Å². The Bertz CT molecular complexity index is 282. The number of hydrogen-bond donors (Lipinski definition) is 3. The van der Waals surface area contributed by atoms with Gasteiger partial charge >= 0.3 is 6.03 Å². The largest absolute Gasteiger partial charge is 0.393 e. The summed E-state index contributed by atoms with van der Waals surface area (Å²) in [7, 11) is 0. The van der Waals surface area contributed by atoms with Crippen molar-refractivity contribution in [3.63, 3.8) is 0 Å². The van der Waals surface area contributed by atoms with E-state index in [0.29, 0.717) is 19.5 Å². The lowest BCUT2D eigenvalue weighted by Crippen LogP contribution is -2.52. The maximum atomic E-state index is 11.9. The molecule has 6 nitrogen and oxygen atoms in total. The molecule has 0 aliphatic carbocycles. The molecular formula is C10H19N3O3. The number of nitrogens with one attached hydrogen (secondary N) is 1. The molecule has 0 aromatic rings. The van der Waals surface area contributed by atoms with Crippen LogP contribution in [0.2, 0.25) is 0 Å². The summed E-state index contributed by atoms with van der Waals surface area (Å²) in [5, 5.41) is 11.9. The molecule has 16 heavy (non-hydrogen) atoms. The fourth-order valence-electron chi connectivity index (χ4n) is 1.88. The molecule has 1 rings (SSSR count). The van der Waals surface area contributed by atoms with Crippen molar-refractivity contribution in [3.8, 4) is 0 Å². The van der Waals surface area contributed by atoms with Gasteiger partial charge < -0.3 is 21.1 Å². The number of piperidine rings is 1. The highest BCUT2D eigenvalue weighted by Gasteiger charge is 2.29. The summed E-state index contributed by atoms with van der Waals surface area (Å²) < 4.78 is 0. The first-order valence-electron chi connectivity index (χ1n) is 5.44. The lowest BCUT2D eigenvalue weighted by molar-refractivity contribution is -0.136. The molecule has 6 heteroatoms. The van der Waals surface area contributed by atoms with Gasteiger partial charge in [0.05, 0.1) is 6.10 Å². The number of urea groups is 1. The van der Waals surface area contributed by atoms with Crippen LogP contribution in [0.4, 0.5) is 4.79 Å². The minimum Gasteiger partial charge on any atom is -0.393 e. The topological polar surface area (TPSA) is 95.7 Å². The molecule has 92 valence electrons. The van der Waals surface area contributed by atoms with Crippen molar-refractivity contribution in [3.05, 3.63) is 0 Å². The van der Waals surface area contributed by atoms with Gasteiger partial charge in [-0.2, -0.15) is 0 Å². The second-order valence-electron chi connectivity index (χ2n) is 4.35. The van der Waals surface area contributed by atoms with Crippen molar-refractivity contribution in [1.29, 1.82) is 0 Å². The summed E-state index contributed by atoms with van der Waals surface area (Å²) in [6.45, 7) is 4.54. The van der Waals surface area contributed by atoms with E-state index in [-0.39, 0.29) is 17.9 Å². The molecule has 3 amide bonds. The monoisotopic (exact) mass is 229 g/mol. The van der Waals surface area contributed by atoms with Gasteiger partial charge in [0.1, 0.15) is 6.04 Å². The molecule has 0 aromatic heterocycles. The van der Waals surface area contributed by atoms with Gasteiger partial charge in [0, 0.05) is 13.1 Å². The van der Waals surface area contributed by atoms with E-state index in [2.05, 4.69) is 5.32 Å². The SMILES string of the molecule is CC(NC(N)=O)C(=O)N1CCC(O)C(C)C1. The highest BCUT2D eigenvalue weighted by molar-refractivity contribution is 5.86. The lowest BCUT2D eigenvalue weighted by Gasteiger charge is -2.35. The van der Waals surface area contributed by atoms with Crippen LogP contribution in [0.5, 0.6) is 0 Å². The summed E-state index contributed by atoms with van der Waals surface area (Å²) in [5.74, 6) is -0.0870. The van der Waals surface area contributed by atoms with Crippen LogP contribution >= 0.6 is 0 Å². The Labute approximate surface area is 94.8 Å². The highest BCUT2D eigenvalue weighted by Crippen LogP contribution is 2.17. The van der Waals surface area contributed by atoms with Gasteiger partial charge in [-0.05, 0) is 19.3 Å². The normalized spacial score (nSPS) is 27.3. The van der Waals surface area contributed by atoms with Crippen molar-refractivity contribution in [2.24, 2.45) is 11.7 Å². The van der Waals surface area contributed by atoms with Crippen LogP contribution in [0.1, 0.15) is 20.3 Å². The molecule has 0 bridgehead atoms. The number of amides is 3. The van der Waals surface area contributed by atoms with E-state index in [0.717, 1.165) is 0 Å². The minimum absolute atomic E-state index is 0.0680. The third-order valence-corrected chi connectivity index (χ3v) is 2.90. The van der Waals surface area contributed by atoms with Crippen LogP contribution in [-0.2, 0) is 4.79 Å². The molecule has 0 aromatic carbocycles. The lowest BCUT2D eigenvalue weighted by atomic mass is 9.96.